The molecule has 0 aliphatic rings. The van der Waals surface area contributed by atoms with Crippen molar-refractivity contribution in [3.05, 3.63) is 12.2 Å². The van der Waals surface area contributed by atoms with E-state index in [0.29, 0.717) is 0 Å². The third-order valence-corrected chi connectivity index (χ3v) is 2.05. The fourth-order valence-electron chi connectivity index (χ4n) is 0.533. The Morgan fingerprint density at radius 1 is 1.20 bits per heavy atom. The summed E-state index contributed by atoms with van der Waals surface area (Å²) in [7, 11) is -1.26. The van der Waals surface area contributed by atoms with E-state index in [1.165, 1.54) is 0 Å². The summed E-state index contributed by atoms with van der Waals surface area (Å²) in [5.74, 6) is 0. The topological polar surface area (TPSA) is 9.23 Å². The van der Waals surface area contributed by atoms with Crippen molar-refractivity contribution >= 4 is 8.32 Å². The Kier molecular flexibility index (Phi) is 4.65. The molecule has 0 heterocycles. The number of rotatable bonds is 4. The Balaban J connectivity index is 3.28. The van der Waals surface area contributed by atoms with E-state index in [4.69, 9.17) is 4.43 Å². The molecule has 1 nitrogen and oxygen atoms in total. The van der Waals surface area contributed by atoms with Gasteiger partial charge in [0.25, 0.3) is 0 Å². The zero-order valence-corrected chi connectivity index (χ0v) is 8.48. The maximum atomic E-state index is 5.58. The van der Waals surface area contributed by atoms with Crippen molar-refractivity contribution in [3.63, 3.8) is 0 Å². The average Bonchev–Trinajstić information content (AvgIpc) is 1.78. The van der Waals surface area contributed by atoms with Crippen LogP contribution in [0.2, 0.25) is 19.6 Å². The molecular weight excluding hydrogens is 140 g/mol. The quantitative estimate of drug-likeness (QED) is 0.451. The van der Waals surface area contributed by atoms with Gasteiger partial charge in [0.15, 0.2) is 8.32 Å². The summed E-state index contributed by atoms with van der Waals surface area (Å²) >= 11 is 0. The van der Waals surface area contributed by atoms with E-state index in [2.05, 4.69) is 38.7 Å². The van der Waals surface area contributed by atoms with Crippen LogP contribution in [0.3, 0.4) is 0 Å². The van der Waals surface area contributed by atoms with Crippen LogP contribution in [0.15, 0.2) is 12.2 Å². The summed E-state index contributed by atoms with van der Waals surface area (Å²) in [6, 6.07) is 0. The van der Waals surface area contributed by atoms with Gasteiger partial charge in [0.1, 0.15) is 0 Å². The predicted molar refractivity (Wildman–Crippen MR) is 48.7 cm³/mol. The van der Waals surface area contributed by atoms with E-state index < -0.39 is 8.32 Å². The van der Waals surface area contributed by atoms with Gasteiger partial charge in [0.2, 0.25) is 0 Å². The lowest BCUT2D eigenvalue weighted by Gasteiger charge is -2.14. The van der Waals surface area contributed by atoms with Crippen LogP contribution in [0, 0.1) is 0 Å². The van der Waals surface area contributed by atoms with Gasteiger partial charge in [0, 0.05) is 0 Å². The number of hydrogen-bond acceptors (Lipinski definition) is 1. The molecule has 0 N–H and O–H groups in total. The molecule has 0 atom stereocenters. The van der Waals surface area contributed by atoms with Crippen LogP contribution < -0.4 is 0 Å². The van der Waals surface area contributed by atoms with Crippen molar-refractivity contribution in [1.29, 1.82) is 0 Å². The number of hydrogen-bond donors (Lipinski definition) is 0. The fraction of sp³-hybridized carbons (Fsp3) is 0.750. The van der Waals surface area contributed by atoms with E-state index in [1.807, 2.05) is 0 Å². The van der Waals surface area contributed by atoms with E-state index in [-0.39, 0.29) is 0 Å². The van der Waals surface area contributed by atoms with Gasteiger partial charge in [-0.3, -0.25) is 0 Å². The highest BCUT2D eigenvalue weighted by Gasteiger charge is 2.11. The molecule has 2 heteroatoms. The van der Waals surface area contributed by atoms with Crippen LogP contribution in [0.1, 0.15) is 13.3 Å². The molecule has 0 amide bonds. The summed E-state index contributed by atoms with van der Waals surface area (Å²) in [5.41, 5.74) is 0. The molecule has 0 spiro atoms. The Morgan fingerprint density at radius 2 is 1.80 bits per heavy atom. The molecule has 0 saturated carbocycles. The first-order chi connectivity index (χ1) is 4.56. The standard InChI is InChI=1S/C8H18OSi/c1-5-6-7-8-9-10(2,3)4/h6-7H,5,8H2,1-4H3/b7-6-. The molecule has 0 saturated heterocycles. The highest BCUT2D eigenvalue weighted by Crippen LogP contribution is 2.01. The minimum Gasteiger partial charge on any atom is -0.414 e. The first-order valence-corrected chi connectivity index (χ1v) is 7.26. The van der Waals surface area contributed by atoms with Gasteiger partial charge < -0.3 is 4.43 Å². The second-order valence-electron chi connectivity index (χ2n) is 3.30. The molecule has 10 heavy (non-hydrogen) atoms. The lowest BCUT2D eigenvalue weighted by molar-refractivity contribution is 0.357. The van der Waals surface area contributed by atoms with E-state index in [1.54, 1.807) is 0 Å². The molecule has 0 radical (unpaired) electrons. The Morgan fingerprint density at radius 3 is 2.20 bits per heavy atom. The summed E-state index contributed by atoms with van der Waals surface area (Å²) in [6.45, 7) is 9.53. The second kappa shape index (κ2) is 4.69. The summed E-state index contributed by atoms with van der Waals surface area (Å²) < 4.78 is 5.58. The van der Waals surface area contributed by atoms with Crippen molar-refractivity contribution in [1.82, 2.24) is 0 Å². The smallest absolute Gasteiger partial charge is 0.184 e. The SMILES string of the molecule is CC/C=C\CO[Si](C)(C)C. The molecule has 0 unspecified atom stereocenters. The van der Waals surface area contributed by atoms with Crippen LogP contribution in [0.25, 0.3) is 0 Å². The van der Waals surface area contributed by atoms with E-state index in [0.717, 1.165) is 13.0 Å². The van der Waals surface area contributed by atoms with Gasteiger partial charge in [-0.25, -0.2) is 0 Å². The van der Waals surface area contributed by atoms with Crippen LogP contribution in [-0.2, 0) is 4.43 Å². The Labute approximate surface area is 65.2 Å². The van der Waals surface area contributed by atoms with Crippen molar-refractivity contribution in [3.8, 4) is 0 Å². The van der Waals surface area contributed by atoms with Gasteiger partial charge in [-0.15, -0.1) is 0 Å². The van der Waals surface area contributed by atoms with E-state index in [9.17, 15) is 0 Å². The Hall–Kier alpha value is -0.0831. The predicted octanol–water partition coefficient (Wildman–Crippen LogP) is 2.80. The van der Waals surface area contributed by atoms with Crippen molar-refractivity contribution in [2.24, 2.45) is 0 Å². The van der Waals surface area contributed by atoms with E-state index >= 15 is 0 Å². The van der Waals surface area contributed by atoms with Gasteiger partial charge in [0.05, 0.1) is 6.61 Å². The highest BCUT2D eigenvalue weighted by atomic mass is 28.4. The largest absolute Gasteiger partial charge is 0.414 e. The third kappa shape index (κ3) is 7.92. The molecule has 0 fully saturated rings. The third-order valence-electron chi connectivity index (χ3n) is 1.01. The first kappa shape index (κ1) is 9.92. The summed E-state index contributed by atoms with van der Waals surface area (Å²) in [4.78, 5) is 0. The minimum absolute atomic E-state index is 0.795. The van der Waals surface area contributed by atoms with Crippen LogP contribution >= 0.6 is 0 Å². The molecule has 0 aliphatic heterocycles. The minimum atomic E-state index is -1.26. The maximum Gasteiger partial charge on any atom is 0.184 e. The molecule has 0 aromatic carbocycles. The van der Waals surface area contributed by atoms with Crippen molar-refractivity contribution in [2.45, 2.75) is 33.0 Å². The fourth-order valence-corrected chi connectivity index (χ4v) is 1.13. The number of allylic oxidation sites excluding steroid dienone is 1. The second-order valence-corrected chi connectivity index (χ2v) is 7.82. The first-order valence-electron chi connectivity index (χ1n) is 3.85. The molecule has 0 aromatic heterocycles. The Bertz CT molecular complexity index is 102. The van der Waals surface area contributed by atoms with Gasteiger partial charge in [-0.1, -0.05) is 19.1 Å². The molecular formula is C8H18OSi. The van der Waals surface area contributed by atoms with Gasteiger partial charge >= 0.3 is 0 Å². The normalized spacial score (nSPS) is 12.8. The molecule has 0 rings (SSSR count). The van der Waals surface area contributed by atoms with Crippen molar-refractivity contribution < 1.29 is 4.43 Å². The zero-order chi connectivity index (χ0) is 8.04. The van der Waals surface area contributed by atoms with Crippen molar-refractivity contribution in [2.75, 3.05) is 6.61 Å². The molecule has 0 aliphatic carbocycles. The average molecular weight is 158 g/mol. The molecule has 60 valence electrons. The summed E-state index contributed by atoms with van der Waals surface area (Å²) in [5, 5.41) is 0. The highest BCUT2D eigenvalue weighted by molar-refractivity contribution is 6.69. The van der Waals surface area contributed by atoms with Crippen LogP contribution in [0.5, 0.6) is 0 Å². The summed E-state index contributed by atoms with van der Waals surface area (Å²) in [6.07, 6.45) is 5.34. The molecule has 0 aromatic rings. The van der Waals surface area contributed by atoms with Crippen LogP contribution in [0.4, 0.5) is 0 Å². The van der Waals surface area contributed by atoms with Crippen LogP contribution in [-0.4, -0.2) is 14.9 Å². The lowest BCUT2D eigenvalue weighted by Crippen LogP contribution is -2.25. The maximum absolute atomic E-state index is 5.58. The zero-order valence-electron chi connectivity index (χ0n) is 7.48. The molecule has 0 bridgehead atoms. The van der Waals surface area contributed by atoms with Gasteiger partial charge in [-0.05, 0) is 26.1 Å². The lowest BCUT2D eigenvalue weighted by atomic mass is 10.4. The monoisotopic (exact) mass is 158 g/mol. The van der Waals surface area contributed by atoms with Gasteiger partial charge in [-0.2, -0.15) is 0 Å².